The Hall–Kier alpha value is -1.42. The normalized spacial score (nSPS) is 24.3. The minimum atomic E-state index is -0.188. The van der Waals surface area contributed by atoms with Crippen LogP contribution < -0.4 is 5.32 Å². The summed E-state index contributed by atoms with van der Waals surface area (Å²) in [5.74, 6) is 0.344. The highest BCUT2D eigenvalue weighted by atomic mass is 16.3. The van der Waals surface area contributed by atoms with Crippen LogP contribution in [0.3, 0.4) is 0 Å². The van der Waals surface area contributed by atoms with Crippen LogP contribution in [0.4, 0.5) is 0 Å². The summed E-state index contributed by atoms with van der Waals surface area (Å²) in [5, 5.41) is 12.5. The number of amides is 1. The molecule has 1 aromatic rings. The lowest BCUT2D eigenvalue weighted by Gasteiger charge is -2.25. The molecule has 4 heteroatoms. The molecule has 0 radical (unpaired) electrons. The van der Waals surface area contributed by atoms with Crippen molar-refractivity contribution in [3.05, 3.63) is 30.1 Å². The molecule has 2 atom stereocenters. The van der Waals surface area contributed by atoms with Gasteiger partial charge in [0.15, 0.2) is 0 Å². The number of pyridine rings is 1. The molecule has 1 amide bonds. The number of hydrogen-bond donors (Lipinski definition) is 2. The van der Waals surface area contributed by atoms with Gasteiger partial charge in [0.05, 0.1) is 6.10 Å². The monoisotopic (exact) mass is 234 g/mol. The smallest absolute Gasteiger partial charge is 0.251 e. The lowest BCUT2D eigenvalue weighted by atomic mass is 9.87. The van der Waals surface area contributed by atoms with Crippen molar-refractivity contribution >= 4 is 5.91 Å². The molecule has 4 nitrogen and oxygen atoms in total. The number of nitrogens with zero attached hydrogens (tertiary/aromatic N) is 1. The van der Waals surface area contributed by atoms with Crippen molar-refractivity contribution in [1.82, 2.24) is 10.3 Å². The Morgan fingerprint density at radius 1 is 1.41 bits per heavy atom. The standard InChI is InChI=1S/C13H18N2O2/c16-12-3-1-2-10(8-12)9-15-13(17)11-4-6-14-7-5-11/h4-7,10,12,16H,1-3,8-9H2,(H,15,17). The summed E-state index contributed by atoms with van der Waals surface area (Å²) in [7, 11) is 0. The fourth-order valence-electron chi connectivity index (χ4n) is 2.29. The second-order valence-corrected chi connectivity index (χ2v) is 4.63. The molecule has 92 valence electrons. The van der Waals surface area contributed by atoms with Crippen molar-refractivity contribution in [2.45, 2.75) is 31.8 Å². The van der Waals surface area contributed by atoms with Gasteiger partial charge in [0, 0.05) is 24.5 Å². The lowest BCUT2D eigenvalue weighted by Crippen LogP contribution is -2.32. The highest BCUT2D eigenvalue weighted by Crippen LogP contribution is 2.23. The van der Waals surface area contributed by atoms with E-state index in [1.165, 1.54) is 0 Å². The second kappa shape index (κ2) is 5.77. The fourth-order valence-corrected chi connectivity index (χ4v) is 2.29. The lowest BCUT2D eigenvalue weighted by molar-refractivity contribution is 0.0873. The van der Waals surface area contributed by atoms with Crippen LogP contribution in [0.1, 0.15) is 36.0 Å². The van der Waals surface area contributed by atoms with Crippen molar-refractivity contribution in [2.24, 2.45) is 5.92 Å². The van der Waals surface area contributed by atoms with Crippen molar-refractivity contribution in [2.75, 3.05) is 6.54 Å². The maximum Gasteiger partial charge on any atom is 0.251 e. The van der Waals surface area contributed by atoms with E-state index in [2.05, 4.69) is 10.3 Å². The van der Waals surface area contributed by atoms with Gasteiger partial charge >= 0.3 is 0 Å². The maximum absolute atomic E-state index is 11.8. The largest absolute Gasteiger partial charge is 0.393 e. The van der Waals surface area contributed by atoms with E-state index in [0.717, 1.165) is 25.7 Å². The Morgan fingerprint density at radius 3 is 2.88 bits per heavy atom. The number of aliphatic hydroxyl groups excluding tert-OH is 1. The fraction of sp³-hybridized carbons (Fsp3) is 0.538. The molecule has 0 spiro atoms. The van der Waals surface area contributed by atoms with E-state index in [4.69, 9.17) is 0 Å². The molecule has 1 aliphatic carbocycles. The predicted molar refractivity (Wildman–Crippen MR) is 64.5 cm³/mol. The molecule has 1 heterocycles. The average molecular weight is 234 g/mol. The van der Waals surface area contributed by atoms with Gasteiger partial charge in [-0.25, -0.2) is 0 Å². The minimum absolute atomic E-state index is 0.0625. The average Bonchev–Trinajstić information content (AvgIpc) is 2.37. The van der Waals surface area contributed by atoms with Gasteiger partial charge < -0.3 is 10.4 Å². The summed E-state index contributed by atoms with van der Waals surface area (Å²) in [4.78, 5) is 15.6. The number of carbonyl (C=O) groups excluding carboxylic acids is 1. The summed E-state index contributed by atoms with van der Waals surface area (Å²) in [6, 6.07) is 3.40. The van der Waals surface area contributed by atoms with E-state index in [0.29, 0.717) is 18.0 Å². The summed E-state index contributed by atoms with van der Waals surface area (Å²) in [5.41, 5.74) is 0.636. The molecule has 1 aliphatic rings. The molecule has 17 heavy (non-hydrogen) atoms. The van der Waals surface area contributed by atoms with Gasteiger partial charge in [-0.3, -0.25) is 9.78 Å². The molecule has 2 rings (SSSR count). The highest BCUT2D eigenvalue weighted by molar-refractivity contribution is 5.93. The summed E-state index contributed by atoms with van der Waals surface area (Å²) < 4.78 is 0. The number of rotatable bonds is 3. The first-order chi connectivity index (χ1) is 8.25. The predicted octanol–water partition coefficient (Wildman–Crippen LogP) is 1.36. The topological polar surface area (TPSA) is 62.2 Å². The van der Waals surface area contributed by atoms with Crippen LogP contribution in [-0.4, -0.2) is 28.6 Å². The second-order valence-electron chi connectivity index (χ2n) is 4.63. The Balaban J connectivity index is 1.80. The first kappa shape index (κ1) is 12.0. The Morgan fingerprint density at radius 2 is 2.18 bits per heavy atom. The van der Waals surface area contributed by atoms with E-state index in [9.17, 15) is 9.90 Å². The van der Waals surface area contributed by atoms with Crippen LogP contribution in [-0.2, 0) is 0 Å². The molecule has 2 N–H and O–H groups in total. The van der Waals surface area contributed by atoms with Crippen LogP contribution in [0.15, 0.2) is 24.5 Å². The Bertz CT molecular complexity index is 367. The zero-order valence-corrected chi connectivity index (χ0v) is 9.80. The SMILES string of the molecule is O=C(NCC1CCCC(O)C1)c1ccncc1. The zero-order valence-electron chi connectivity index (χ0n) is 9.80. The molecule has 1 saturated carbocycles. The van der Waals surface area contributed by atoms with Crippen molar-refractivity contribution in [1.29, 1.82) is 0 Å². The van der Waals surface area contributed by atoms with Gasteiger partial charge in [0.2, 0.25) is 0 Å². The van der Waals surface area contributed by atoms with E-state index >= 15 is 0 Å². The molecule has 0 aliphatic heterocycles. The van der Waals surface area contributed by atoms with Crippen molar-refractivity contribution in [3.63, 3.8) is 0 Å². The Labute approximate surface area is 101 Å². The molecule has 1 fully saturated rings. The van der Waals surface area contributed by atoms with E-state index in [-0.39, 0.29) is 12.0 Å². The molecule has 0 saturated heterocycles. The van der Waals surface area contributed by atoms with Gasteiger partial charge in [-0.1, -0.05) is 6.42 Å². The number of hydrogen-bond acceptors (Lipinski definition) is 3. The first-order valence-corrected chi connectivity index (χ1v) is 6.12. The van der Waals surface area contributed by atoms with Gasteiger partial charge in [-0.05, 0) is 37.3 Å². The summed E-state index contributed by atoms with van der Waals surface area (Å²) in [6.07, 6.45) is 6.88. The first-order valence-electron chi connectivity index (χ1n) is 6.12. The van der Waals surface area contributed by atoms with E-state index in [1.807, 2.05) is 0 Å². The van der Waals surface area contributed by atoms with E-state index < -0.39 is 0 Å². The Kier molecular flexibility index (Phi) is 4.09. The van der Waals surface area contributed by atoms with Gasteiger partial charge in [0.1, 0.15) is 0 Å². The third-order valence-corrected chi connectivity index (χ3v) is 3.25. The third kappa shape index (κ3) is 3.53. The van der Waals surface area contributed by atoms with Crippen LogP contribution >= 0.6 is 0 Å². The molecule has 1 aromatic heterocycles. The number of carbonyl (C=O) groups is 1. The van der Waals surface area contributed by atoms with Crippen LogP contribution in [0.2, 0.25) is 0 Å². The van der Waals surface area contributed by atoms with Crippen LogP contribution in [0, 0.1) is 5.92 Å². The van der Waals surface area contributed by atoms with Crippen molar-refractivity contribution < 1.29 is 9.90 Å². The zero-order chi connectivity index (χ0) is 12.1. The minimum Gasteiger partial charge on any atom is -0.393 e. The third-order valence-electron chi connectivity index (χ3n) is 3.25. The maximum atomic E-state index is 11.8. The number of aliphatic hydroxyl groups is 1. The summed E-state index contributed by atoms with van der Waals surface area (Å²) >= 11 is 0. The van der Waals surface area contributed by atoms with Crippen LogP contribution in [0.5, 0.6) is 0 Å². The van der Waals surface area contributed by atoms with Crippen molar-refractivity contribution in [3.8, 4) is 0 Å². The molecule has 0 aromatic carbocycles. The quantitative estimate of drug-likeness (QED) is 0.830. The van der Waals surface area contributed by atoms with Gasteiger partial charge in [-0.2, -0.15) is 0 Å². The number of nitrogens with one attached hydrogen (secondary N) is 1. The summed E-state index contributed by atoms with van der Waals surface area (Å²) in [6.45, 7) is 0.651. The molecular formula is C13H18N2O2. The highest BCUT2D eigenvalue weighted by Gasteiger charge is 2.20. The molecule has 0 bridgehead atoms. The number of aromatic nitrogens is 1. The molecule has 2 unspecified atom stereocenters. The van der Waals surface area contributed by atoms with E-state index in [1.54, 1.807) is 24.5 Å². The van der Waals surface area contributed by atoms with Gasteiger partial charge in [-0.15, -0.1) is 0 Å². The van der Waals surface area contributed by atoms with Gasteiger partial charge in [0.25, 0.3) is 5.91 Å². The van der Waals surface area contributed by atoms with Crippen LogP contribution in [0.25, 0.3) is 0 Å². The molecular weight excluding hydrogens is 216 g/mol.